The van der Waals surface area contributed by atoms with E-state index >= 15 is 0 Å². The zero-order chi connectivity index (χ0) is 24.8. The third kappa shape index (κ3) is 5.84. The molecule has 1 aliphatic heterocycles. The van der Waals surface area contributed by atoms with Crippen LogP contribution in [0.5, 0.6) is 17.2 Å². The van der Waals surface area contributed by atoms with Crippen LogP contribution in [-0.4, -0.2) is 36.7 Å². The van der Waals surface area contributed by atoms with E-state index in [0.717, 1.165) is 22.6 Å². The molecule has 1 fully saturated rings. The van der Waals surface area contributed by atoms with Gasteiger partial charge in [0.2, 0.25) is 0 Å². The van der Waals surface area contributed by atoms with E-state index in [2.05, 4.69) is 4.99 Å². The molecule has 0 radical (unpaired) electrons. The molecule has 3 aromatic carbocycles. The fraction of sp³-hybridized carbons (Fsp3) is 0.185. The predicted molar refractivity (Wildman–Crippen MR) is 137 cm³/mol. The zero-order valence-corrected chi connectivity index (χ0v) is 20.5. The van der Waals surface area contributed by atoms with Crippen LogP contribution in [0, 0.1) is 5.82 Å². The Balaban J connectivity index is 1.53. The topological polar surface area (TPSA) is 60.4 Å². The molecule has 1 aliphatic rings. The van der Waals surface area contributed by atoms with Crippen LogP contribution in [0.2, 0.25) is 0 Å². The highest BCUT2D eigenvalue weighted by molar-refractivity contribution is 8.18. The molecule has 1 heterocycles. The smallest absolute Gasteiger partial charge is 0.266 e. The number of rotatable bonds is 8. The van der Waals surface area contributed by atoms with Crippen molar-refractivity contribution in [2.24, 2.45) is 4.99 Å². The molecule has 0 atom stereocenters. The number of carbonyl (C=O) groups is 1. The van der Waals surface area contributed by atoms with E-state index < -0.39 is 0 Å². The standard InChI is InChI=1S/C27H25FN2O4S/c1-4-30-26(31)25(35-27(30)29-21-9-11-22(32-2)12-10-21)16-18-8-13-23(24(15-18)33-3)34-17-19-6-5-7-20(28)14-19/h5-16H,4,17H2,1-3H3/b25-16+,29-27?. The molecule has 3 aromatic rings. The van der Waals surface area contributed by atoms with Crippen molar-refractivity contribution in [3.05, 3.63) is 88.6 Å². The number of amidine groups is 1. The number of aliphatic imine (C=N–C) groups is 1. The average molecular weight is 493 g/mol. The number of ether oxygens (including phenoxy) is 3. The van der Waals surface area contributed by atoms with E-state index in [1.807, 2.05) is 43.3 Å². The maximum atomic E-state index is 13.4. The van der Waals surface area contributed by atoms with Crippen molar-refractivity contribution in [2.75, 3.05) is 20.8 Å². The summed E-state index contributed by atoms with van der Waals surface area (Å²) in [6, 6.07) is 19.0. The van der Waals surface area contributed by atoms with E-state index in [1.54, 1.807) is 43.4 Å². The van der Waals surface area contributed by atoms with Crippen molar-refractivity contribution in [3.8, 4) is 17.2 Å². The third-order valence-electron chi connectivity index (χ3n) is 5.27. The molecule has 180 valence electrons. The molecule has 35 heavy (non-hydrogen) atoms. The number of thioether (sulfide) groups is 1. The first-order valence-electron chi connectivity index (χ1n) is 11.0. The van der Waals surface area contributed by atoms with Crippen LogP contribution < -0.4 is 14.2 Å². The lowest BCUT2D eigenvalue weighted by Gasteiger charge is -2.12. The largest absolute Gasteiger partial charge is 0.497 e. The van der Waals surface area contributed by atoms with Crippen LogP contribution >= 0.6 is 11.8 Å². The molecule has 0 saturated carbocycles. The number of nitrogens with zero attached hydrogens (tertiary/aromatic N) is 2. The third-order valence-corrected chi connectivity index (χ3v) is 6.28. The number of carbonyl (C=O) groups excluding carboxylic acids is 1. The first-order chi connectivity index (χ1) is 17.0. The maximum absolute atomic E-state index is 13.4. The maximum Gasteiger partial charge on any atom is 0.266 e. The number of halogens is 1. The highest BCUT2D eigenvalue weighted by atomic mass is 32.2. The van der Waals surface area contributed by atoms with Crippen molar-refractivity contribution in [1.82, 2.24) is 4.90 Å². The van der Waals surface area contributed by atoms with Gasteiger partial charge in [-0.2, -0.15) is 0 Å². The second-order valence-corrected chi connectivity index (χ2v) is 8.59. The highest BCUT2D eigenvalue weighted by Gasteiger charge is 2.32. The van der Waals surface area contributed by atoms with Gasteiger partial charge in [-0.1, -0.05) is 18.2 Å². The molecule has 0 bridgehead atoms. The monoisotopic (exact) mass is 492 g/mol. The van der Waals surface area contributed by atoms with Crippen molar-refractivity contribution in [1.29, 1.82) is 0 Å². The van der Waals surface area contributed by atoms with Gasteiger partial charge in [-0.25, -0.2) is 9.38 Å². The van der Waals surface area contributed by atoms with E-state index in [1.165, 1.54) is 23.9 Å². The lowest BCUT2D eigenvalue weighted by molar-refractivity contribution is -0.122. The quantitative estimate of drug-likeness (QED) is 0.359. The number of benzene rings is 3. The van der Waals surface area contributed by atoms with Gasteiger partial charge >= 0.3 is 0 Å². The Morgan fingerprint density at radius 2 is 1.80 bits per heavy atom. The Morgan fingerprint density at radius 1 is 1.00 bits per heavy atom. The number of hydrogen-bond donors (Lipinski definition) is 0. The van der Waals surface area contributed by atoms with Crippen LogP contribution in [0.25, 0.3) is 6.08 Å². The molecule has 0 unspecified atom stereocenters. The van der Waals surface area contributed by atoms with Gasteiger partial charge in [-0.3, -0.25) is 9.69 Å². The lowest BCUT2D eigenvalue weighted by Crippen LogP contribution is -2.28. The number of amides is 1. The minimum atomic E-state index is -0.310. The molecule has 0 aliphatic carbocycles. The summed E-state index contributed by atoms with van der Waals surface area (Å²) in [5.41, 5.74) is 2.24. The summed E-state index contributed by atoms with van der Waals surface area (Å²) in [4.78, 5) is 19.9. The fourth-order valence-electron chi connectivity index (χ4n) is 3.47. The summed E-state index contributed by atoms with van der Waals surface area (Å²) < 4.78 is 29.9. The first kappa shape index (κ1) is 24.3. The molecule has 4 rings (SSSR count). The molecule has 1 amide bonds. The summed E-state index contributed by atoms with van der Waals surface area (Å²) in [7, 11) is 3.16. The average Bonchev–Trinajstić information content (AvgIpc) is 3.16. The van der Waals surface area contributed by atoms with E-state index in [-0.39, 0.29) is 18.3 Å². The van der Waals surface area contributed by atoms with Crippen LogP contribution in [0.4, 0.5) is 10.1 Å². The molecular weight excluding hydrogens is 467 g/mol. The Morgan fingerprint density at radius 3 is 2.49 bits per heavy atom. The molecule has 1 saturated heterocycles. The van der Waals surface area contributed by atoms with E-state index in [9.17, 15) is 9.18 Å². The molecule has 6 nitrogen and oxygen atoms in total. The Bertz CT molecular complexity index is 1270. The minimum Gasteiger partial charge on any atom is -0.497 e. The number of hydrogen-bond acceptors (Lipinski definition) is 6. The molecular formula is C27H25FN2O4S. The summed E-state index contributed by atoms with van der Waals surface area (Å²) in [6.45, 7) is 2.63. The molecule has 8 heteroatoms. The second kappa shape index (κ2) is 11.1. The molecule has 0 spiro atoms. The summed E-state index contributed by atoms with van der Waals surface area (Å²) in [5.74, 6) is 1.38. The van der Waals surface area contributed by atoms with Crippen LogP contribution in [0.15, 0.2) is 76.6 Å². The SMILES string of the molecule is CCN1C(=O)/C(=C\c2ccc(OCc3cccc(F)c3)c(OC)c2)SC1=Nc1ccc(OC)cc1. The predicted octanol–water partition coefficient (Wildman–Crippen LogP) is 6.05. The fourth-order valence-corrected chi connectivity index (χ4v) is 4.53. The number of likely N-dealkylation sites (N-methyl/N-ethyl adjacent to an activating group) is 1. The lowest BCUT2D eigenvalue weighted by atomic mass is 10.1. The Hall–Kier alpha value is -3.78. The van der Waals surface area contributed by atoms with Gasteiger partial charge in [0.1, 0.15) is 18.2 Å². The van der Waals surface area contributed by atoms with Crippen molar-refractivity contribution >= 4 is 34.6 Å². The second-order valence-electron chi connectivity index (χ2n) is 7.58. The highest BCUT2D eigenvalue weighted by Crippen LogP contribution is 2.36. The van der Waals surface area contributed by atoms with Crippen LogP contribution in [-0.2, 0) is 11.4 Å². The van der Waals surface area contributed by atoms with Gasteiger partial charge in [-0.15, -0.1) is 0 Å². The zero-order valence-electron chi connectivity index (χ0n) is 19.7. The van der Waals surface area contributed by atoms with E-state index in [4.69, 9.17) is 14.2 Å². The van der Waals surface area contributed by atoms with Gasteiger partial charge in [0, 0.05) is 6.54 Å². The van der Waals surface area contributed by atoms with Crippen molar-refractivity contribution < 1.29 is 23.4 Å². The van der Waals surface area contributed by atoms with Gasteiger partial charge in [0.05, 0.1) is 24.8 Å². The van der Waals surface area contributed by atoms with Gasteiger partial charge < -0.3 is 14.2 Å². The molecule has 0 N–H and O–H groups in total. The van der Waals surface area contributed by atoms with E-state index in [0.29, 0.717) is 28.1 Å². The van der Waals surface area contributed by atoms with Crippen LogP contribution in [0.3, 0.4) is 0 Å². The summed E-state index contributed by atoms with van der Waals surface area (Å²) in [6.07, 6.45) is 1.81. The number of methoxy groups -OCH3 is 2. The normalized spacial score (nSPS) is 15.7. The minimum absolute atomic E-state index is 0.102. The summed E-state index contributed by atoms with van der Waals surface area (Å²) in [5, 5.41) is 0.621. The Labute approximate surface area is 208 Å². The first-order valence-corrected chi connectivity index (χ1v) is 11.8. The van der Waals surface area contributed by atoms with Crippen LogP contribution in [0.1, 0.15) is 18.1 Å². The van der Waals surface area contributed by atoms with Gasteiger partial charge in [0.15, 0.2) is 16.7 Å². The molecule has 0 aromatic heterocycles. The van der Waals surface area contributed by atoms with Gasteiger partial charge in [-0.05, 0) is 84.4 Å². The van der Waals surface area contributed by atoms with Crippen molar-refractivity contribution in [2.45, 2.75) is 13.5 Å². The Kier molecular flexibility index (Phi) is 7.72. The van der Waals surface area contributed by atoms with Crippen molar-refractivity contribution in [3.63, 3.8) is 0 Å². The summed E-state index contributed by atoms with van der Waals surface area (Å²) >= 11 is 1.33. The van der Waals surface area contributed by atoms with Gasteiger partial charge in [0.25, 0.3) is 5.91 Å².